The molecule has 0 saturated carbocycles. The van der Waals surface area contributed by atoms with Gasteiger partial charge in [-0.1, -0.05) is 24.6 Å². The van der Waals surface area contributed by atoms with E-state index >= 15 is 0 Å². The fourth-order valence-corrected chi connectivity index (χ4v) is 2.51. The Morgan fingerprint density at radius 3 is 2.76 bits per heavy atom. The van der Waals surface area contributed by atoms with Gasteiger partial charge >= 0.3 is 5.97 Å². The molecule has 1 unspecified atom stereocenters. The predicted octanol–water partition coefficient (Wildman–Crippen LogP) is 3.20. The third-order valence-corrected chi connectivity index (χ3v) is 3.96. The molecule has 0 fully saturated rings. The summed E-state index contributed by atoms with van der Waals surface area (Å²) in [5.41, 5.74) is -0.165. The van der Waals surface area contributed by atoms with Crippen molar-refractivity contribution in [1.29, 1.82) is 0 Å². The molecule has 0 aliphatic carbocycles. The number of benzene rings is 1. The van der Waals surface area contributed by atoms with Gasteiger partial charge in [0.15, 0.2) is 0 Å². The maximum Gasteiger partial charge on any atom is 0.316 e. The minimum atomic E-state index is -1.01. The zero-order valence-corrected chi connectivity index (χ0v) is 10.5. The molecular weight excluding hydrogens is 266 g/mol. The third kappa shape index (κ3) is 3.34. The highest BCUT2D eigenvalue weighted by Gasteiger charge is 2.24. The molecule has 0 aromatic heterocycles. The van der Waals surface area contributed by atoms with Gasteiger partial charge in [-0.05, 0) is 12.5 Å². The SMILES string of the molecule is CCC(Sc1c(Cl)cccc1[N+](=O)[O-])C(=O)O. The molecule has 0 spiro atoms. The summed E-state index contributed by atoms with van der Waals surface area (Å²) in [4.78, 5) is 21.3. The van der Waals surface area contributed by atoms with Gasteiger partial charge in [0.1, 0.15) is 10.1 Å². The van der Waals surface area contributed by atoms with Crippen LogP contribution < -0.4 is 0 Å². The lowest BCUT2D eigenvalue weighted by atomic mass is 10.3. The molecule has 1 N–H and O–H groups in total. The largest absolute Gasteiger partial charge is 0.480 e. The number of nitro groups is 1. The van der Waals surface area contributed by atoms with E-state index in [0.717, 1.165) is 11.8 Å². The first-order valence-corrected chi connectivity index (χ1v) is 6.05. The molecule has 92 valence electrons. The van der Waals surface area contributed by atoms with Crippen LogP contribution in [0.5, 0.6) is 0 Å². The van der Waals surface area contributed by atoms with Crippen LogP contribution in [-0.4, -0.2) is 21.2 Å². The topological polar surface area (TPSA) is 80.4 Å². The molecule has 0 aliphatic heterocycles. The zero-order valence-electron chi connectivity index (χ0n) is 8.92. The van der Waals surface area contributed by atoms with E-state index in [0.29, 0.717) is 6.42 Å². The number of thioether (sulfide) groups is 1. The molecule has 0 heterocycles. The van der Waals surface area contributed by atoms with Crippen LogP contribution in [0.1, 0.15) is 13.3 Å². The Kier molecular flexibility index (Phi) is 4.77. The number of halogens is 1. The average molecular weight is 276 g/mol. The summed E-state index contributed by atoms with van der Waals surface area (Å²) in [6.45, 7) is 1.70. The van der Waals surface area contributed by atoms with Gasteiger partial charge in [0.25, 0.3) is 5.69 Å². The van der Waals surface area contributed by atoms with E-state index in [2.05, 4.69) is 0 Å². The molecule has 7 heteroatoms. The molecule has 0 radical (unpaired) electrons. The highest BCUT2D eigenvalue weighted by Crippen LogP contribution is 2.38. The van der Waals surface area contributed by atoms with E-state index in [-0.39, 0.29) is 15.6 Å². The smallest absolute Gasteiger partial charge is 0.316 e. The van der Waals surface area contributed by atoms with Gasteiger partial charge in [-0.3, -0.25) is 14.9 Å². The Morgan fingerprint density at radius 2 is 2.29 bits per heavy atom. The Balaban J connectivity index is 3.12. The Bertz CT molecular complexity index is 452. The second-order valence-electron chi connectivity index (χ2n) is 3.20. The highest BCUT2D eigenvalue weighted by atomic mass is 35.5. The van der Waals surface area contributed by atoms with Crippen LogP contribution in [0.2, 0.25) is 5.02 Å². The van der Waals surface area contributed by atoms with Gasteiger partial charge < -0.3 is 5.11 Å². The molecule has 0 saturated heterocycles. The number of carboxylic acid groups (broad SMARTS) is 1. The summed E-state index contributed by atoms with van der Waals surface area (Å²) >= 11 is 6.77. The van der Waals surface area contributed by atoms with E-state index < -0.39 is 16.1 Å². The summed E-state index contributed by atoms with van der Waals surface area (Å²) < 4.78 is 0. The van der Waals surface area contributed by atoms with E-state index in [1.807, 2.05) is 0 Å². The molecule has 1 aromatic rings. The Morgan fingerprint density at radius 1 is 1.65 bits per heavy atom. The number of carboxylic acids is 1. The van der Waals surface area contributed by atoms with E-state index in [9.17, 15) is 14.9 Å². The summed E-state index contributed by atoms with van der Waals surface area (Å²) in [6.07, 6.45) is 0.363. The molecule has 0 bridgehead atoms. The van der Waals surface area contributed by atoms with Gasteiger partial charge in [0.05, 0.1) is 9.95 Å². The summed E-state index contributed by atoms with van der Waals surface area (Å²) in [7, 11) is 0. The zero-order chi connectivity index (χ0) is 13.0. The Labute approximate surface area is 107 Å². The normalized spacial score (nSPS) is 12.1. The predicted molar refractivity (Wildman–Crippen MR) is 65.7 cm³/mol. The van der Waals surface area contributed by atoms with Crippen molar-refractivity contribution in [2.24, 2.45) is 0 Å². The fraction of sp³-hybridized carbons (Fsp3) is 0.300. The van der Waals surface area contributed by atoms with Crippen molar-refractivity contribution in [3.63, 3.8) is 0 Å². The molecular formula is C10H10ClNO4S. The van der Waals surface area contributed by atoms with Gasteiger partial charge in [-0.15, -0.1) is 11.8 Å². The lowest BCUT2D eigenvalue weighted by molar-refractivity contribution is -0.387. The van der Waals surface area contributed by atoms with Crippen molar-refractivity contribution in [3.8, 4) is 0 Å². The summed E-state index contributed by atoms with van der Waals surface area (Å²) in [6, 6.07) is 4.28. The molecule has 1 aromatic carbocycles. The van der Waals surface area contributed by atoms with E-state index in [1.165, 1.54) is 18.2 Å². The van der Waals surface area contributed by atoms with Gasteiger partial charge in [-0.2, -0.15) is 0 Å². The molecule has 1 rings (SSSR count). The lowest BCUT2D eigenvalue weighted by Crippen LogP contribution is -2.15. The van der Waals surface area contributed by atoms with Crippen molar-refractivity contribution in [2.45, 2.75) is 23.5 Å². The number of nitrogens with zero attached hydrogens (tertiary/aromatic N) is 1. The molecule has 1 atom stereocenters. The average Bonchev–Trinajstić information content (AvgIpc) is 2.26. The minimum absolute atomic E-state index is 0.165. The van der Waals surface area contributed by atoms with Crippen molar-refractivity contribution < 1.29 is 14.8 Å². The van der Waals surface area contributed by atoms with Crippen LogP contribution in [0.3, 0.4) is 0 Å². The first kappa shape index (κ1) is 13.8. The first-order valence-electron chi connectivity index (χ1n) is 4.79. The number of nitro benzene ring substituents is 1. The molecule has 0 aliphatic rings. The fourth-order valence-electron chi connectivity index (χ4n) is 1.21. The van der Waals surface area contributed by atoms with E-state index in [1.54, 1.807) is 6.92 Å². The molecule has 5 nitrogen and oxygen atoms in total. The monoisotopic (exact) mass is 275 g/mol. The number of aliphatic carboxylic acids is 1. The van der Waals surface area contributed by atoms with Crippen LogP contribution in [0.4, 0.5) is 5.69 Å². The maximum atomic E-state index is 10.9. The number of rotatable bonds is 5. The summed E-state index contributed by atoms with van der Waals surface area (Å²) in [5.74, 6) is -1.01. The third-order valence-electron chi connectivity index (χ3n) is 2.05. The van der Waals surface area contributed by atoms with Gasteiger partial charge in [0, 0.05) is 6.07 Å². The molecule has 0 amide bonds. The van der Waals surface area contributed by atoms with Crippen LogP contribution in [0.15, 0.2) is 23.1 Å². The van der Waals surface area contributed by atoms with Gasteiger partial charge in [-0.25, -0.2) is 0 Å². The van der Waals surface area contributed by atoms with Crippen molar-refractivity contribution >= 4 is 35.0 Å². The standard InChI is InChI=1S/C10H10ClNO4S/c1-2-8(10(13)14)17-9-6(11)4-3-5-7(9)12(15)16/h3-5,8H,2H2,1H3,(H,13,14). The maximum absolute atomic E-state index is 10.9. The lowest BCUT2D eigenvalue weighted by Gasteiger charge is -2.10. The van der Waals surface area contributed by atoms with Crippen molar-refractivity contribution in [3.05, 3.63) is 33.3 Å². The first-order chi connectivity index (χ1) is 7.97. The highest BCUT2D eigenvalue weighted by molar-refractivity contribution is 8.00. The van der Waals surface area contributed by atoms with Crippen molar-refractivity contribution in [1.82, 2.24) is 0 Å². The number of hydrogen-bond acceptors (Lipinski definition) is 4. The number of carbonyl (C=O) groups is 1. The second kappa shape index (κ2) is 5.88. The van der Waals surface area contributed by atoms with Crippen LogP contribution in [0.25, 0.3) is 0 Å². The minimum Gasteiger partial charge on any atom is -0.480 e. The second-order valence-corrected chi connectivity index (χ2v) is 4.82. The van der Waals surface area contributed by atoms with Crippen LogP contribution >= 0.6 is 23.4 Å². The summed E-state index contributed by atoms with van der Waals surface area (Å²) in [5, 5.41) is 19.2. The van der Waals surface area contributed by atoms with Crippen LogP contribution in [0, 0.1) is 10.1 Å². The molecule has 17 heavy (non-hydrogen) atoms. The van der Waals surface area contributed by atoms with Crippen LogP contribution in [-0.2, 0) is 4.79 Å². The quantitative estimate of drug-likeness (QED) is 0.507. The number of hydrogen-bond donors (Lipinski definition) is 1. The Hall–Kier alpha value is -1.27. The van der Waals surface area contributed by atoms with Gasteiger partial charge in [0.2, 0.25) is 0 Å². The van der Waals surface area contributed by atoms with Crippen molar-refractivity contribution in [2.75, 3.05) is 0 Å². The van der Waals surface area contributed by atoms with E-state index in [4.69, 9.17) is 16.7 Å².